The van der Waals surface area contributed by atoms with Crippen LogP contribution in [0, 0.1) is 23.7 Å². The summed E-state index contributed by atoms with van der Waals surface area (Å²) in [5, 5.41) is 26.2. The number of hydrogen-bond donors (Lipinski definition) is 3. The minimum absolute atomic E-state index is 0.138. The number of aliphatic hydroxyl groups is 2. The summed E-state index contributed by atoms with van der Waals surface area (Å²) in [4.78, 5) is 43.7. The van der Waals surface area contributed by atoms with Gasteiger partial charge in [-0.3, -0.25) is 9.59 Å². The summed E-state index contributed by atoms with van der Waals surface area (Å²) in [5.74, 6) is -4.22. The number of rotatable bonds is 9. The molecular formula is C39H64N2O11. The fourth-order valence-corrected chi connectivity index (χ4v) is 8.15. The number of Topliss-reactive ketones (excluding diaryl/α,β-unsaturated/α-hetero) is 1. The molecule has 2 heterocycles. The van der Waals surface area contributed by atoms with Crippen LogP contribution in [-0.4, -0.2) is 121 Å². The molecule has 13 nitrogen and oxygen atoms in total. The number of alkyl carbamates (subject to hydrolysis) is 1. The number of methoxy groups -OCH3 is 2. The zero-order valence-corrected chi connectivity index (χ0v) is 33.2. The van der Waals surface area contributed by atoms with E-state index in [1.54, 1.807) is 41.5 Å². The molecule has 2 aliphatic rings. The number of amides is 1. The van der Waals surface area contributed by atoms with E-state index in [2.05, 4.69) is 5.32 Å². The van der Waals surface area contributed by atoms with Gasteiger partial charge in [0.25, 0.3) is 0 Å². The highest BCUT2D eigenvalue weighted by molar-refractivity contribution is 5.83. The lowest BCUT2D eigenvalue weighted by atomic mass is 9.73. The molecule has 0 unspecified atom stereocenters. The van der Waals surface area contributed by atoms with E-state index in [0.29, 0.717) is 6.42 Å². The zero-order valence-electron chi connectivity index (χ0n) is 33.2. The van der Waals surface area contributed by atoms with Gasteiger partial charge in [-0.1, -0.05) is 58.0 Å². The second-order valence-corrected chi connectivity index (χ2v) is 15.5. The topological polar surface area (TPSA) is 162 Å². The van der Waals surface area contributed by atoms with E-state index < -0.39 is 83.7 Å². The molecule has 296 valence electrons. The highest BCUT2D eigenvalue weighted by atomic mass is 16.7. The van der Waals surface area contributed by atoms with Crippen molar-refractivity contribution in [2.75, 3.05) is 28.3 Å². The molecule has 0 aliphatic carbocycles. The van der Waals surface area contributed by atoms with Crippen molar-refractivity contribution in [3.63, 3.8) is 0 Å². The number of likely N-dealkylation sites (N-methyl/N-ethyl adjacent to an activating group) is 1. The fourth-order valence-electron chi connectivity index (χ4n) is 8.15. The van der Waals surface area contributed by atoms with Crippen molar-refractivity contribution in [2.45, 2.75) is 141 Å². The molecule has 1 aromatic carbocycles. The first-order chi connectivity index (χ1) is 24.3. The fraction of sp³-hybridized carbons (Fsp3) is 0.769. The average Bonchev–Trinajstić information content (AvgIpc) is 3.10. The van der Waals surface area contributed by atoms with Crippen molar-refractivity contribution in [3.8, 4) is 0 Å². The van der Waals surface area contributed by atoms with Gasteiger partial charge in [-0.25, -0.2) is 4.79 Å². The van der Waals surface area contributed by atoms with E-state index in [1.165, 1.54) is 21.1 Å². The maximum atomic E-state index is 14.1. The van der Waals surface area contributed by atoms with Crippen molar-refractivity contribution in [3.05, 3.63) is 35.9 Å². The number of cyclic esters (lactones) is 1. The highest BCUT2D eigenvalue weighted by Crippen LogP contribution is 2.40. The molecule has 0 spiro atoms. The van der Waals surface area contributed by atoms with Crippen molar-refractivity contribution in [1.29, 1.82) is 0 Å². The first-order valence-electron chi connectivity index (χ1n) is 18.5. The molecule has 0 saturated carbocycles. The summed E-state index contributed by atoms with van der Waals surface area (Å²) in [6.07, 6.45) is -6.54. The largest absolute Gasteiger partial charge is 0.459 e. The molecule has 2 fully saturated rings. The summed E-state index contributed by atoms with van der Waals surface area (Å²) in [5.41, 5.74) is -2.16. The highest BCUT2D eigenvalue weighted by Gasteiger charge is 2.53. The number of carbonyl (C=O) groups excluding carboxylic acids is 3. The smallest absolute Gasteiger partial charge is 0.407 e. The Balaban J connectivity index is 2.17. The summed E-state index contributed by atoms with van der Waals surface area (Å²) < 4.78 is 37.1. The average molecular weight is 737 g/mol. The van der Waals surface area contributed by atoms with E-state index in [4.69, 9.17) is 28.4 Å². The molecule has 0 radical (unpaired) electrons. The summed E-state index contributed by atoms with van der Waals surface area (Å²) in [6.45, 7) is 14.0. The number of hydrogen-bond acceptors (Lipinski definition) is 12. The third-order valence-electron chi connectivity index (χ3n) is 11.2. The Morgan fingerprint density at radius 3 is 2.21 bits per heavy atom. The van der Waals surface area contributed by atoms with Gasteiger partial charge in [-0.2, -0.15) is 0 Å². The first-order valence-corrected chi connectivity index (χ1v) is 18.5. The number of esters is 1. The maximum Gasteiger partial charge on any atom is 0.407 e. The van der Waals surface area contributed by atoms with Crippen LogP contribution in [0.5, 0.6) is 0 Å². The second kappa shape index (κ2) is 18.6. The van der Waals surface area contributed by atoms with Gasteiger partial charge in [0.1, 0.15) is 29.7 Å². The van der Waals surface area contributed by atoms with Crippen LogP contribution in [0.1, 0.15) is 80.2 Å². The summed E-state index contributed by atoms with van der Waals surface area (Å²) in [7, 11) is 6.67. The van der Waals surface area contributed by atoms with Crippen LogP contribution in [0.3, 0.4) is 0 Å². The van der Waals surface area contributed by atoms with Crippen molar-refractivity contribution in [1.82, 2.24) is 10.2 Å². The molecule has 1 aromatic rings. The number of ether oxygens (including phenoxy) is 6. The summed E-state index contributed by atoms with van der Waals surface area (Å²) in [6, 6.07) is 9.03. The Hall–Kier alpha value is -2.65. The van der Waals surface area contributed by atoms with E-state index >= 15 is 0 Å². The van der Waals surface area contributed by atoms with Gasteiger partial charge in [-0.05, 0) is 66.6 Å². The van der Waals surface area contributed by atoms with Crippen LogP contribution >= 0.6 is 0 Å². The molecular weight excluding hydrogens is 672 g/mol. The standard InChI is InChI=1S/C39H64N2O11/c1-13-29-39(8,46)34(47-11)24(4)30(42)22(2)20-38(7,48-12)33(52-36-31(43)28(41(9)10)19-23(3)49-36)25(5)32(26(6)35(44)50-29)51-37(45)40-21-27-17-15-14-16-18-27/h14-18,22-26,28-29,31-34,36,43,46H,13,19-21H2,1-12H3,(H,40,45)/t22-,23-,24+,25+,26-,28+,29-,31-,32+,33-,34-,36+,38-,39-/m1/s1. The molecule has 13 heteroatoms. The van der Waals surface area contributed by atoms with Crippen LogP contribution < -0.4 is 5.32 Å². The SMILES string of the molecule is CC[C@H]1OC(=O)[C@H](C)[C@@H](OC(=O)NCc2ccccc2)[C@H](C)[C@@H](O[C@@H]2O[C@H](C)C[C@H](N(C)C)[C@H]2O)[C@](C)(OC)C[C@@H](C)C(=O)[C@H](C)[C@@H](OC)[C@]1(C)O. The third-order valence-corrected chi connectivity index (χ3v) is 11.2. The van der Waals surface area contributed by atoms with E-state index in [0.717, 1.165) is 5.56 Å². The lowest BCUT2D eigenvalue weighted by molar-refractivity contribution is -0.301. The molecule has 0 aromatic heterocycles. The molecule has 14 atom stereocenters. The number of benzene rings is 1. The molecule has 52 heavy (non-hydrogen) atoms. The van der Waals surface area contributed by atoms with Crippen molar-refractivity contribution in [2.24, 2.45) is 23.7 Å². The maximum absolute atomic E-state index is 14.1. The van der Waals surface area contributed by atoms with Gasteiger partial charge in [0.05, 0.1) is 29.8 Å². The predicted molar refractivity (Wildman–Crippen MR) is 194 cm³/mol. The van der Waals surface area contributed by atoms with E-state index in [1.807, 2.05) is 56.3 Å². The minimum Gasteiger partial charge on any atom is -0.459 e. The Morgan fingerprint density at radius 2 is 1.65 bits per heavy atom. The number of nitrogens with one attached hydrogen (secondary N) is 1. The molecule has 2 aliphatic heterocycles. The third kappa shape index (κ3) is 10.1. The molecule has 2 saturated heterocycles. The van der Waals surface area contributed by atoms with Crippen LogP contribution in [0.2, 0.25) is 0 Å². The number of carbonyl (C=O) groups is 3. The van der Waals surface area contributed by atoms with Gasteiger partial charge in [0.2, 0.25) is 0 Å². The molecule has 0 bridgehead atoms. The van der Waals surface area contributed by atoms with Gasteiger partial charge in [0, 0.05) is 44.6 Å². The van der Waals surface area contributed by atoms with Gasteiger partial charge in [0.15, 0.2) is 6.29 Å². The molecule has 3 rings (SSSR count). The number of ketones is 1. The first kappa shape index (κ1) is 43.8. The van der Waals surface area contributed by atoms with Crippen molar-refractivity contribution >= 4 is 17.8 Å². The van der Waals surface area contributed by atoms with Crippen LogP contribution in [0.25, 0.3) is 0 Å². The zero-order chi connectivity index (χ0) is 39.1. The van der Waals surface area contributed by atoms with Gasteiger partial charge >= 0.3 is 12.1 Å². The number of nitrogens with zero attached hydrogens (tertiary/aromatic N) is 1. The number of aliphatic hydroxyl groups excluding tert-OH is 1. The Bertz CT molecular complexity index is 1310. The van der Waals surface area contributed by atoms with Gasteiger partial charge in [-0.15, -0.1) is 0 Å². The Morgan fingerprint density at radius 1 is 1.02 bits per heavy atom. The van der Waals surface area contributed by atoms with E-state index in [-0.39, 0.29) is 37.3 Å². The van der Waals surface area contributed by atoms with Crippen molar-refractivity contribution < 1.29 is 53.0 Å². The Labute approximate surface area is 310 Å². The van der Waals surface area contributed by atoms with Crippen LogP contribution in [-0.2, 0) is 44.6 Å². The van der Waals surface area contributed by atoms with Crippen LogP contribution in [0.15, 0.2) is 30.3 Å². The predicted octanol–water partition coefficient (Wildman–Crippen LogP) is 4.10. The van der Waals surface area contributed by atoms with E-state index in [9.17, 15) is 24.6 Å². The lowest BCUT2D eigenvalue weighted by Crippen LogP contribution is -2.61. The minimum atomic E-state index is -1.75. The Kier molecular flexibility index (Phi) is 15.6. The normalized spacial score (nSPS) is 39.8. The van der Waals surface area contributed by atoms with Gasteiger partial charge < -0.3 is 48.9 Å². The quantitative estimate of drug-likeness (QED) is 0.312. The second-order valence-electron chi connectivity index (χ2n) is 15.5. The summed E-state index contributed by atoms with van der Waals surface area (Å²) >= 11 is 0. The molecule has 3 N–H and O–H groups in total. The van der Waals surface area contributed by atoms with Crippen LogP contribution in [0.4, 0.5) is 4.79 Å². The molecule has 1 amide bonds. The monoisotopic (exact) mass is 736 g/mol. The lowest BCUT2D eigenvalue weighted by Gasteiger charge is -2.48.